The molecule has 1 saturated heterocycles. The third-order valence-electron chi connectivity index (χ3n) is 2.28. The van der Waals surface area contributed by atoms with E-state index in [0.29, 0.717) is 13.0 Å². The van der Waals surface area contributed by atoms with Crippen molar-refractivity contribution >= 4 is 12.4 Å². The quantitative estimate of drug-likeness (QED) is 0.592. The molecule has 5 heteroatoms. The molecule has 2 atom stereocenters. The van der Waals surface area contributed by atoms with Crippen molar-refractivity contribution in [1.29, 1.82) is 5.26 Å². The number of piperidine rings is 1. The topological polar surface area (TPSA) is 81.4 Å². The minimum atomic E-state index is -1.02. The van der Waals surface area contributed by atoms with Crippen molar-refractivity contribution in [3.8, 4) is 6.07 Å². The Bertz CT molecular complexity index is 259. The number of carbonyl (C=O) groups is 2. The Labute approximate surface area is 75.6 Å². The van der Waals surface area contributed by atoms with Crippen LogP contribution in [0.25, 0.3) is 0 Å². The lowest BCUT2D eigenvalue weighted by Crippen LogP contribution is -2.43. The molecule has 0 spiro atoms. The SMILES string of the molecule is N#CC1CN(C(=O)O)CCC1C=O. The molecule has 0 aromatic rings. The van der Waals surface area contributed by atoms with E-state index in [1.807, 2.05) is 6.07 Å². The third-order valence-corrected chi connectivity index (χ3v) is 2.28. The third kappa shape index (κ3) is 1.96. The lowest BCUT2D eigenvalue weighted by Gasteiger charge is -2.30. The van der Waals surface area contributed by atoms with Gasteiger partial charge in [-0.25, -0.2) is 4.79 Å². The number of likely N-dealkylation sites (tertiary alicyclic amines) is 1. The number of hydrogen-bond donors (Lipinski definition) is 1. The zero-order valence-electron chi connectivity index (χ0n) is 7.01. The molecule has 1 aliphatic heterocycles. The van der Waals surface area contributed by atoms with Crippen LogP contribution in [0.5, 0.6) is 0 Å². The summed E-state index contributed by atoms with van der Waals surface area (Å²) in [6, 6.07) is 1.95. The van der Waals surface area contributed by atoms with Crippen LogP contribution in [0.3, 0.4) is 0 Å². The summed E-state index contributed by atoms with van der Waals surface area (Å²) in [5.74, 6) is -0.789. The molecule has 2 unspecified atom stereocenters. The molecule has 13 heavy (non-hydrogen) atoms. The summed E-state index contributed by atoms with van der Waals surface area (Å²) in [7, 11) is 0. The Balaban J connectivity index is 2.63. The van der Waals surface area contributed by atoms with Gasteiger partial charge in [0.1, 0.15) is 6.29 Å². The first-order valence-corrected chi connectivity index (χ1v) is 4.01. The van der Waals surface area contributed by atoms with Gasteiger partial charge in [-0.2, -0.15) is 5.26 Å². The first kappa shape index (κ1) is 9.52. The van der Waals surface area contributed by atoms with Crippen molar-refractivity contribution in [2.24, 2.45) is 11.8 Å². The van der Waals surface area contributed by atoms with E-state index in [9.17, 15) is 9.59 Å². The van der Waals surface area contributed by atoms with E-state index in [-0.39, 0.29) is 12.5 Å². The molecule has 0 saturated carbocycles. The summed E-state index contributed by atoms with van der Waals surface area (Å²) in [5, 5.41) is 17.3. The lowest BCUT2D eigenvalue weighted by molar-refractivity contribution is -0.113. The molecule has 0 radical (unpaired) electrons. The predicted octanol–water partition coefficient (Wildman–Crippen LogP) is 0.325. The average molecular weight is 182 g/mol. The van der Waals surface area contributed by atoms with Gasteiger partial charge in [0.15, 0.2) is 0 Å². The minimum absolute atomic E-state index is 0.148. The summed E-state index contributed by atoms with van der Waals surface area (Å²) >= 11 is 0. The molecule has 0 aliphatic carbocycles. The second kappa shape index (κ2) is 3.90. The summed E-state index contributed by atoms with van der Waals surface area (Å²) in [5.41, 5.74) is 0. The van der Waals surface area contributed by atoms with Crippen LogP contribution in [0.2, 0.25) is 0 Å². The normalized spacial score (nSPS) is 27.8. The number of carboxylic acid groups (broad SMARTS) is 1. The predicted molar refractivity (Wildman–Crippen MR) is 42.9 cm³/mol. The van der Waals surface area contributed by atoms with Gasteiger partial charge in [-0.05, 0) is 6.42 Å². The minimum Gasteiger partial charge on any atom is -0.465 e. The molecule has 1 N–H and O–H groups in total. The van der Waals surface area contributed by atoms with Crippen molar-refractivity contribution < 1.29 is 14.7 Å². The second-order valence-electron chi connectivity index (χ2n) is 3.05. The number of rotatable bonds is 1. The van der Waals surface area contributed by atoms with Gasteiger partial charge in [0.05, 0.1) is 12.0 Å². The van der Waals surface area contributed by atoms with Gasteiger partial charge >= 0.3 is 6.09 Å². The molecule has 0 aromatic carbocycles. The number of nitriles is 1. The van der Waals surface area contributed by atoms with E-state index in [1.54, 1.807) is 0 Å². The second-order valence-corrected chi connectivity index (χ2v) is 3.05. The number of amides is 1. The molecule has 0 aromatic heterocycles. The van der Waals surface area contributed by atoms with E-state index in [0.717, 1.165) is 6.29 Å². The van der Waals surface area contributed by atoms with Gasteiger partial charge < -0.3 is 14.8 Å². The van der Waals surface area contributed by atoms with Crippen molar-refractivity contribution in [3.63, 3.8) is 0 Å². The number of carbonyl (C=O) groups excluding carboxylic acids is 1. The zero-order valence-corrected chi connectivity index (χ0v) is 7.01. The fourth-order valence-corrected chi connectivity index (χ4v) is 1.44. The van der Waals surface area contributed by atoms with Gasteiger partial charge in [-0.3, -0.25) is 0 Å². The standard InChI is InChI=1S/C8H10N2O3/c9-3-7-4-10(8(12)13)2-1-6(7)5-11/h5-7H,1-2,4H2,(H,12,13). The Hall–Kier alpha value is -1.57. The summed E-state index contributed by atoms with van der Waals surface area (Å²) < 4.78 is 0. The number of nitrogens with zero attached hydrogens (tertiary/aromatic N) is 2. The molecule has 1 amide bonds. The highest BCUT2D eigenvalue weighted by atomic mass is 16.4. The molecule has 0 bridgehead atoms. The van der Waals surface area contributed by atoms with Crippen LogP contribution in [0.4, 0.5) is 4.79 Å². The zero-order chi connectivity index (χ0) is 9.84. The maximum atomic E-state index is 10.5. The highest BCUT2D eigenvalue weighted by Gasteiger charge is 2.30. The number of hydrogen-bond acceptors (Lipinski definition) is 3. The van der Waals surface area contributed by atoms with Crippen LogP contribution < -0.4 is 0 Å². The first-order valence-electron chi connectivity index (χ1n) is 4.01. The van der Waals surface area contributed by atoms with Gasteiger partial charge in [-0.15, -0.1) is 0 Å². The maximum absolute atomic E-state index is 10.5. The largest absolute Gasteiger partial charge is 0.465 e. The molecule has 1 fully saturated rings. The molecule has 1 heterocycles. The summed E-state index contributed by atoms with van der Waals surface area (Å²) in [4.78, 5) is 22.2. The van der Waals surface area contributed by atoms with Crippen molar-refractivity contribution in [1.82, 2.24) is 4.90 Å². The van der Waals surface area contributed by atoms with Crippen LogP contribution >= 0.6 is 0 Å². The van der Waals surface area contributed by atoms with Gasteiger partial charge in [0.2, 0.25) is 0 Å². The Morgan fingerprint density at radius 3 is 2.85 bits per heavy atom. The van der Waals surface area contributed by atoms with Crippen LogP contribution in [0.15, 0.2) is 0 Å². The van der Waals surface area contributed by atoms with E-state index < -0.39 is 12.0 Å². The van der Waals surface area contributed by atoms with Crippen molar-refractivity contribution in [2.45, 2.75) is 6.42 Å². The monoisotopic (exact) mass is 182 g/mol. The molecule has 5 nitrogen and oxygen atoms in total. The van der Waals surface area contributed by atoms with Crippen LogP contribution in [-0.4, -0.2) is 35.5 Å². The van der Waals surface area contributed by atoms with Crippen LogP contribution in [0.1, 0.15) is 6.42 Å². The Morgan fingerprint density at radius 1 is 1.69 bits per heavy atom. The smallest absolute Gasteiger partial charge is 0.407 e. The highest BCUT2D eigenvalue weighted by Crippen LogP contribution is 2.21. The summed E-state index contributed by atoms with van der Waals surface area (Å²) in [6.45, 7) is 0.492. The van der Waals surface area contributed by atoms with Crippen LogP contribution in [-0.2, 0) is 4.79 Å². The highest BCUT2D eigenvalue weighted by molar-refractivity contribution is 5.66. The van der Waals surface area contributed by atoms with E-state index in [2.05, 4.69) is 0 Å². The van der Waals surface area contributed by atoms with Crippen molar-refractivity contribution in [2.75, 3.05) is 13.1 Å². The van der Waals surface area contributed by atoms with E-state index in [4.69, 9.17) is 10.4 Å². The molecular weight excluding hydrogens is 172 g/mol. The number of aldehydes is 1. The fraction of sp³-hybridized carbons (Fsp3) is 0.625. The lowest BCUT2D eigenvalue weighted by atomic mass is 9.88. The van der Waals surface area contributed by atoms with E-state index in [1.165, 1.54) is 4.90 Å². The van der Waals surface area contributed by atoms with Gasteiger partial charge in [0, 0.05) is 19.0 Å². The van der Waals surface area contributed by atoms with Gasteiger partial charge in [0.25, 0.3) is 0 Å². The molecule has 1 aliphatic rings. The average Bonchev–Trinajstić information content (AvgIpc) is 2.16. The first-order chi connectivity index (χ1) is 6.19. The molecular formula is C8H10N2O3. The fourth-order valence-electron chi connectivity index (χ4n) is 1.44. The van der Waals surface area contributed by atoms with Gasteiger partial charge in [-0.1, -0.05) is 0 Å². The Kier molecular flexibility index (Phi) is 2.85. The summed E-state index contributed by atoms with van der Waals surface area (Å²) in [6.07, 6.45) is 0.172. The molecule has 70 valence electrons. The molecule has 1 rings (SSSR count). The van der Waals surface area contributed by atoms with E-state index >= 15 is 0 Å². The maximum Gasteiger partial charge on any atom is 0.407 e. The van der Waals surface area contributed by atoms with Crippen molar-refractivity contribution in [3.05, 3.63) is 0 Å². The Morgan fingerprint density at radius 2 is 2.38 bits per heavy atom. The van der Waals surface area contributed by atoms with Crippen LogP contribution in [0, 0.1) is 23.2 Å².